The van der Waals surface area contributed by atoms with E-state index in [9.17, 15) is 14.9 Å². The molecular formula is C10H10N2O4. The van der Waals surface area contributed by atoms with Crippen molar-refractivity contribution in [1.82, 2.24) is 0 Å². The summed E-state index contributed by atoms with van der Waals surface area (Å²) in [5.41, 5.74) is 3.03. The fourth-order valence-electron chi connectivity index (χ4n) is 0.844. The summed E-state index contributed by atoms with van der Waals surface area (Å²) in [4.78, 5) is 25.5. The van der Waals surface area contributed by atoms with E-state index in [1.165, 1.54) is 31.2 Å². The van der Waals surface area contributed by atoms with Crippen molar-refractivity contribution in [1.29, 1.82) is 0 Å². The van der Waals surface area contributed by atoms with E-state index in [0.717, 1.165) is 0 Å². The number of anilines is 1. The van der Waals surface area contributed by atoms with E-state index in [4.69, 9.17) is 0 Å². The summed E-state index contributed by atoms with van der Waals surface area (Å²) in [6.07, 6.45) is 0. The van der Waals surface area contributed by atoms with Gasteiger partial charge in [-0.3, -0.25) is 10.1 Å². The Morgan fingerprint density at radius 3 is 2.44 bits per heavy atom. The SMILES string of the molecule is C=C(C)C(=O)ONc1ccc([N+](=O)[O-])cc1. The van der Waals surface area contributed by atoms with Gasteiger partial charge < -0.3 is 4.84 Å². The number of nitro benzene ring substituents is 1. The molecule has 0 amide bonds. The number of hydrogen-bond acceptors (Lipinski definition) is 5. The van der Waals surface area contributed by atoms with Crippen LogP contribution in [0.3, 0.4) is 0 Å². The van der Waals surface area contributed by atoms with Crippen molar-refractivity contribution in [2.45, 2.75) is 6.92 Å². The first kappa shape index (κ1) is 11.7. The molecule has 0 unspecified atom stereocenters. The van der Waals surface area contributed by atoms with Crippen LogP contribution in [0.4, 0.5) is 11.4 Å². The largest absolute Gasteiger partial charge is 0.357 e. The minimum absolute atomic E-state index is 0.0308. The van der Waals surface area contributed by atoms with E-state index in [1.54, 1.807) is 0 Å². The van der Waals surface area contributed by atoms with Crippen LogP contribution in [0, 0.1) is 10.1 Å². The van der Waals surface area contributed by atoms with Crippen molar-refractivity contribution in [3.8, 4) is 0 Å². The molecule has 6 heteroatoms. The Balaban J connectivity index is 2.59. The first-order valence-electron chi connectivity index (χ1n) is 4.38. The molecule has 0 heterocycles. The highest BCUT2D eigenvalue weighted by Gasteiger charge is 2.06. The van der Waals surface area contributed by atoms with Gasteiger partial charge in [0.25, 0.3) is 5.69 Å². The van der Waals surface area contributed by atoms with Gasteiger partial charge in [0.15, 0.2) is 0 Å². The fourth-order valence-corrected chi connectivity index (χ4v) is 0.844. The van der Waals surface area contributed by atoms with Crippen LogP contribution < -0.4 is 5.48 Å². The molecule has 1 rings (SSSR count). The molecule has 1 N–H and O–H groups in total. The maximum Gasteiger partial charge on any atom is 0.357 e. The van der Waals surface area contributed by atoms with Gasteiger partial charge in [-0.15, -0.1) is 0 Å². The molecule has 0 saturated carbocycles. The van der Waals surface area contributed by atoms with Gasteiger partial charge in [0.2, 0.25) is 0 Å². The van der Waals surface area contributed by atoms with E-state index in [2.05, 4.69) is 16.9 Å². The maximum absolute atomic E-state index is 11.0. The Morgan fingerprint density at radius 1 is 1.44 bits per heavy atom. The number of carbonyl (C=O) groups is 1. The second-order valence-corrected chi connectivity index (χ2v) is 3.08. The minimum atomic E-state index is -0.585. The van der Waals surface area contributed by atoms with Crippen molar-refractivity contribution in [2.24, 2.45) is 0 Å². The highest BCUT2D eigenvalue weighted by atomic mass is 16.7. The summed E-state index contributed by atoms with van der Waals surface area (Å²) in [5.74, 6) is -0.585. The molecule has 0 spiro atoms. The van der Waals surface area contributed by atoms with E-state index in [1.807, 2.05) is 0 Å². The van der Waals surface area contributed by atoms with Crippen molar-refractivity contribution >= 4 is 17.3 Å². The van der Waals surface area contributed by atoms with Gasteiger partial charge in [-0.25, -0.2) is 10.3 Å². The highest BCUT2D eigenvalue weighted by molar-refractivity contribution is 5.87. The van der Waals surface area contributed by atoms with Gasteiger partial charge in [0.05, 0.1) is 10.6 Å². The number of nitro groups is 1. The van der Waals surface area contributed by atoms with Gasteiger partial charge in [0, 0.05) is 17.7 Å². The lowest BCUT2D eigenvalue weighted by Crippen LogP contribution is -2.10. The number of non-ortho nitro benzene ring substituents is 1. The average Bonchev–Trinajstić information content (AvgIpc) is 2.26. The van der Waals surface area contributed by atoms with Crippen LogP contribution in [0.1, 0.15) is 6.92 Å². The predicted molar refractivity (Wildman–Crippen MR) is 57.6 cm³/mol. The Labute approximate surface area is 91.6 Å². The number of rotatable bonds is 4. The summed E-state index contributed by atoms with van der Waals surface area (Å²) in [5, 5.41) is 10.4. The lowest BCUT2D eigenvalue weighted by Gasteiger charge is -2.05. The minimum Gasteiger partial charge on any atom is -0.338 e. The van der Waals surface area contributed by atoms with Crippen LogP contribution in [0.15, 0.2) is 36.4 Å². The Kier molecular flexibility index (Phi) is 3.60. The number of benzene rings is 1. The molecular weight excluding hydrogens is 212 g/mol. The zero-order valence-corrected chi connectivity index (χ0v) is 8.60. The Hall–Kier alpha value is -2.37. The third-order valence-corrected chi connectivity index (χ3v) is 1.69. The third kappa shape index (κ3) is 3.09. The van der Waals surface area contributed by atoms with Crippen LogP contribution in [-0.2, 0) is 9.63 Å². The normalized spacial score (nSPS) is 9.31. The topological polar surface area (TPSA) is 81.5 Å². The molecule has 0 aliphatic rings. The predicted octanol–water partition coefficient (Wildman–Crippen LogP) is 2.04. The quantitative estimate of drug-likeness (QED) is 0.479. The molecule has 6 nitrogen and oxygen atoms in total. The van der Waals surface area contributed by atoms with Gasteiger partial charge in [-0.05, 0) is 19.1 Å². The molecule has 0 aliphatic carbocycles. The summed E-state index contributed by atoms with van der Waals surface area (Å²) in [6.45, 7) is 4.91. The third-order valence-electron chi connectivity index (χ3n) is 1.69. The molecule has 0 saturated heterocycles. The lowest BCUT2D eigenvalue weighted by molar-refractivity contribution is -0.384. The lowest BCUT2D eigenvalue weighted by atomic mass is 10.3. The Morgan fingerprint density at radius 2 is 2.00 bits per heavy atom. The molecule has 0 fully saturated rings. The van der Waals surface area contributed by atoms with Gasteiger partial charge >= 0.3 is 5.97 Å². The number of nitrogens with zero attached hydrogens (tertiary/aromatic N) is 1. The molecule has 0 radical (unpaired) electrons. The number of hydrogen-bond donors (Lipinski definition) is 1. The fraction of sp³-hybridized carbons (Fsp3) is 0.100. The van der Waals surface area contributed by atoms with E-state index < -0.39 is 10.9 Å². The van der Waals surface area contributed by atoms with Crippen LogP contribution in [0.2, 0.25) is 0 Å². The van der Waals surface area contributed by atoms with E-state index >= 15 is 0 Å². The van der Waals surface area contributed by atoms with Crippen LogP contribution in [0.25, 0.3) is 0 Å². The van der Waals surface area contributed by atoms with Crippen molar-refractivity contribution in [3.05, 3.63) is 46.5 Å². The summed E-state index contributed by atoms with van der Waals surface area (Å²) in [7, 11) is 0. The molecule has 16 heavy (non-hydrogen) atoms. The zero-order chi connectivity index (χ0) is 12.1. The van der Waals surface area contributed by atoms with Gasteiger partial charge in [-0.1, -0.05) is 6.58 Å². The van der Waals surface area contributed by atoms with Crippen molar-refractivity contribution < 1.29 is 14.6 Å². The summed E-state index contributed by atoms with van der Waals surface area (Å²) < 4.78 is 0. The van der Waals surface area contributed by atoms with E-state index in [0.29, 0.717) is 5.69 Å². The second-order valence-electron chi connectivity index (χ2n) is 3.08. The molecule has 0 aromatic heterocycles. The summed E-state index contributed by atoms with van der Waals surface area (Å²) in [6, 6.07) is 5.47. The molecule has 0 bridgehead atoms. The number of nitrogens with one attached hydrogen (secondary N) is 1. The van der Waals surface area contributed by atoms with Crippen molar-refractivity contribution in [3.63, 3.8) is 0 Å². The van der Waals surface area contributed by atoms with Gasteiger partial charge in [0.1, 0.15) is 0 Å². The van der Waals surface area contributed by atoms with E-state index in [-0.39, 0.29) is 11.3 Å². The standard InChI is InChI=1S/C10H10N2O4/c1-7(2)10(13)16-11-8-3-5-9(6-4-8)12(14)15/h3-6,11H,1H2,2H3. The van der Waals surface area contributed by atoms with Crippen LogP contribution in [0.5, 0.6) is 0 Å². The molecule has 84 valence electrons. The monoisotopic (exact) mass is 222 g/mol. The molecule has 1 aromatic carbocycles. The van der Waals surface area contributed by atoms with Crippen LogP contribution in [-0.4, -0.2) is 10.9 Å². The molecule has 1 aromatic rings. The smallest absolute Gasteiger partial charge is 0.338 e. The molecule has 0 atom stereocenters. The second kappa shape index (κ2) is 4.92. The van der Waals surface area contributed by atoms with Crippen molar-refractivity contribution in [2.75, 3.05) is 5.48 Å². The first-order chi connectivity index (χ1) is 7.50. The average molecular weight is 222 g/mol. The first-order valence-corrected chi connectivity index (χ1v) is 4.38. The zero-order valence-electron chi connectivity index (χ0n) is 8.60. The summed E-state index contributed by atoms with van der Waals surface area (Å²) >= 11 is 0. The highest BCUT2D eigenvalue weighted by Crippen LogP contribution is 2.15. The number of carbonyl (C=O) groups excluding carboxylic acids is 1. The molecule has 0 aliphatic heterocycles. The maximum atomic E-state index is 11.0. The van der Waals surface area contributed by atoms with Crippen LogP contribution >= 0.6 is 0 Å². The van der Waals surface area contributed by atoms with Gasteiger partial charge in [-0.2, -0.15) is 0 Å². The Bertz CT molecular complexity index is 425.